The van der Waals surface area contributed by atoms with Gasteiger partial charge in [0, 0.05) is 32.4 Å². The minimum absolute atomic E-state index is 0.0325. The summed E-state index contributed by atoms with van der Waals surface area (Å²) in [6, 6.07) is 4.81. The van der Waals surface area contributed by atoms with Gasteiger partial charge in [0.25, 0.3) is 5.91 Å². The van der Waals surface area contributed by atoms with Crippen molar-refractivity contribution in [2.45, 2.75) is 19.9 Å². The first-order chi connectivity index (χ1) is 10.0. The molecule has 0 unspecified atom stereocenters. The highest BCUT2D eigenvalue weighted by Gasteiger charge is 2.28. The molecule has 1 aliphatic heterocycles. The lowest BCUT2D eigenvalue weighted by Gasteiger charge is -2.36. The van der Waals surface area contributed by atoms with Gasteiger partial charge in [-0.25, -0.2) is 0 Å². The number of rotatable bonds is 3. The minimum Gasteiger partial charge on any atom is -0.338 e. The number of pyridine rings is 1. The maximum absolute atomic E-state index is 12.3. The predicted octanol–water partition coefficient (Wildman–Crippen LogP) is 0.349. The van der Waals surface area contributed by atoms with Crippen LogP contribution >= 0.6 is 0 Å². The van der Waals surface area contributed by atoms with Crippen LogP contribution in [0.3, 0.4) is 0 Å². The average molecular weight is 290 g/mol. The molecule has 2 heterocycles. The normalized spacial score (nSPS) is 17.0. The van der Waals surface area contributed by atoms with Gasteiger partial charge < -0.3 is 15.5 Å². The molecule has 0 radical (unpaired) electrons. The van der Waals surface area contributed by atoms with E-state index in [0.717, 1.165) is 0 Å². The van der Waals surface area contributed by atoms with E-state index in [1.165, 1.54) is 0 Å². The number of hydrogen-bond acceptors (Lipinski definition) is 4. The van der Waals surface area contributed by atoms with Crippen LogP contribution in [0.4, 0.5) is 0 Å². The summed E-state index contributed by atoms with van der Waals surface area (Å²) in [5, 5.41) is 0. The van der Waals surface area contributed by atoms with E-state index in [2.05, 4.69) is 4.98 Å². The topological polar surface area (TPSA) is 79.5 Å². The molecular weight excluding hydrogens is 268 g/mol. The van der Waals surface area contributed by atoms with Gasteiger partial charge in [0.15, 0.2) is 0 Å². The second-order valence-corrected chi connectivity index (χ2v) is 5.60. The number of carbonyl (C=O) groups is 2. The SMILES string of the molecule is CC(C)[C@H](N)C(=O)N1CCN(C(=O)c2ccccn2)CC1. The Morgan fingerprint density at radius 3 is 2.29 bits per heavy atom. The Morgan fingerprint density at radius 2 is 1.76 bits per heavy atom. The number of carbonyl (C=O) groups excluding carboxylic acids is 2. The first kappa shape index (κ1) is 15.4. The van der Waals surface area contributed by atoms with Crippen LogP contribution in [0.15, 0.2) is 24.4 Å². The zero-order valence-electron chi connectivity index (χ0n) is 12.5. The molecule has 2 N–H and O–H groups in total. The van der Waals surface area contributed by atoms with Crippen LogP contribution in [0.25, 0.3) is 0 Å². The molecule has 6 nitrogen and oxygen atoms in total. The van der Waals surface area contributed by atoms with Crippen molar-refractivity contribution in [3.05, 3.63) is 30.1 Å². The van der Waals surface area contributed by atoms with Crippen molar-refractivity contribution < 1.29 is 9.59 Å². The molecule has 2 amide bonds. The molecule has 1 fully saturated rings. The molecule has 1 aromatic heterocycles. The van der Waals surface area contributed by atoms with Gasteiger partial charge in [0.05, 0.1) is 6.04 Å². The van der Waals surface area contributed by atoms with Crippen molar-refractivity contribution in [3.63, 3.8) is 0 Å². The first-order valence-corrected chi connectivity index (χ1v) is 7.25. The Labute approximate surface area is 124 Å². The Balaban J connectivity index is 1.92. The van der Waals surface area contributed by atoms with Crippen LogP contribution in [0.5, 0.6) is 0 Å². The van der Waals surface area contributed by atoms with E-state index in [-0.39, 0.29) is 17.7 Å². The number of hydrogen-bond donors (Lipinski definition) is 1. The van der Waals surface area contributed by atoms with E-state index in [1.54, 1.807) is 34.2 Å². The van der Waals surface area contributed by atoms with Crippen LogP contribution in [0.2, 0.25) is 0 Å². The zero-order valence-corrected chi connectivity index (χ0v) is 12.5. The summed E-state index contributed by atoms with van der Waals surface area (Å²) in [6.45, 7) is 5.96. The van der Waals surface area contributed by atoms with Crippen LogP contribution in [0, 0.1) is 5.92 Å². The maximum Gasteiger partial charge on any atom is 0.272 e. The summed E-state index contributed by atoms with van der Waals surface area (Å²) in [4.78, 5) is 32.0. The van der Waals surface area contributed by atoms with Gasteiger partial charge >= 0.3 is 0 Å². The maximum atomic E-state index is 12.3. The highest BCUT2D eigenvalue weighted by Crippen LogP contribution is 2.10. The molecular formula is C15H22N4O2. The summed E-state index contributed by atoms with van der Waals surface area (Å²) in [5.41, 5.74) is 6.34. The molecule has 1 aromatic rings. The van der Waals surface area contributed by atoms with Crippen LogP contribution in [-0.2, 0) is 4.79 Å². The van der Waals surface area contributed by atoms with Crippen molar-refractivity contribution in [3.8, 4) is 0 Å². The summed E-state index contributed by atoms with van der Waals surface area (Å²) in [5.74, 6) is -0.00327. The predicted molar refractivity (Wildman–Crippen MR) is 79.5 cm³/mol. The summed E-state index contributed by atoms with van der Waals surface area (Å²) in [6.07, 6.45) is 1.61. The van der Waals surface area contributed by atoms with Gasteiger partial charge in [0.1, 0.15) is 5.69 Å². The molecule has 1 atom stereocenters. The molecule has 0 aromatic carbocycles. The summed E-state index contributed by atoms with van der Waals surface area (Å²) in [7, 11) is 0. The van der Waals surface area contributed by atoms with E-state index >= 15 is 0 Å². The monoisotopic (exact) mass is 290 g/mol. The number of nitrogens with two attached hydrogens (primary N) is 1. The molecule has 0 aliphatic carbocycles. The van der Waals surface area contributed by atoms with Crippen LogP contribution in [-0.4, -0.2) is 58.8 Å². The molecule has 0 saturated carbocycles. The molecule has 114 valence electrons. The van der Waals surface area contributed by atoms with Crippen molar-refractivity contribution in [2.75, 3.05) is 26.2 Å². The smallest absolute Gasteiger partial charge is 0.272 e. The molecule has 6 heteroatoms. The third kappa shape index (κ3) is 3.58. The average Bonchev–Trinajstić information content (AvgIpc) is 2.53. The second kappa shape index (κ2) is 6.67. The lowest BCUT2D eigenvalue weighted by atomic mass is 10.0. The van der Waals surface area contributed by atoms with Gasteiger partial charge in [-0.3, -0.25) is 14.6 Å². The van der Waals surface area contributed by atoms with E-state index in [4.69, 9.17) is 5.73 Å². The van der Waals surface area contributed by atoms with E-state index < -0.39 is 6.04 Å². The van der Waals surface area contributed by atoms with Crippen molar-refractivity contribution in [1.29, 1.82) is 0 Å². The van der Waals surface area contributed by atoms with E-state index in [9.17, 15) is 9.59 Å². The van der Waals surface area contributed by atoms with E-state index in [0.29, 0.717) is 31.9 Å². The lowest BCUT2D eigenvalue weighted by molar-refractivity contribution is -0.135. The van der Waals surface area contributed by atoms with Gasteiger partial charge in [-0.15, -0.1) is 0 Å². The zero-order chi connectivity index (χ0) is 15.4. The minimum atomic E-state index is -0.469. The Bertz CT molecular complexity index is 496. The lowest BCUT2D eigenvalue weighted by Crippen LogP contribution is -2.55. The molecule has 1 aliphatic rings. The van der Waals surface area contributed by atoms with Gasteiger partial charge in [-0.05, 0) is 18.1 Å². The fourth-order valence-electron chi connectivity index (χ4n) is 2.28. The number of amides is 2. The number of piperazine rings is 1. The summed E-state index contributed by atoms with van der Waals surface area (Å²) >= 11 is 0. The van der Waals surface area contributed by atoms with Crippen LogP contribution in [0.1, 0.15) is 24.3 Å². The largest absolute Gasteiger partial charge is 0.338 e. The van der Waals surface area contributed by atoms with Gasteiger partial charge in [0.2, 0.25) is 5.91 Å². The van der Waals surface area contributed by atoms with Crippen molar-refractivity contribution >= 4 is 11.8 Å². The Morgan fingerprint density at radius 1 is 1.14 bits per heavy atom. The number of aromatic nitrogens is 1. The molecule has 1 saturated heterocycles. The fourth-order valence-corrected chi connectivity index (χ4v) is 2.28. The highest BCUT2D eigenvalue weighted by molar-refractivity contribution is 5.92. The third-order valence-electron chi connectivity index (χ3n) is 3.77. The van der Waals surface area contributed by atoms with Crippen molar-refractivity contribution in [1.82, 2.24) is 14.8 Å². The fraction of sp³-hybridized carbons (Fsp3) is 0.533. The Hall–Kier alpha value is -1.95. The molecule has 0 bridgehead atoms. The van der Waals surface area contributed by atoms with Gasteiger partial charge in [-0.1, -0.05) is 19.9 Å². The van der Waals surface area contributed by atoms with E-state index in [1.807, 2.05) is 13.8 Å². The van der Waals surface area contributed by atoms with Crippen molar-refractivity contribution in [2.24, 2.45) is 11.7 Å². The third-order valence-corrected chi connectivity index (χ3v) is 3.77. The Kier molecular flexibility index (Phi) is 4.90. The second-order valence-electron chi connectivity index (χ2n) is 5.60. The molecule has 0 spiro atoms. The molecule has 21 heavy (non-hydrogen) atoms. The van der Waals surface area contributed by atoms with Crippen LogP contribution < -0.4 is 5.73 Å². The molecule has 2 rings (SSSR count). The number of nitrogens with zero attached hydrogens (tertiary/aromatic N) is 3. The standard InChI is InChI=1S/C15H22N4O2/c1-11(2)13(16)15(21)19-9-7-18(8-10-19)14(20)12-5-3-4-6-17-12/h3-6,11,13H,7-10,16H2,1-2H3/t13-/m0/s1. The highest BCUT2D eigenvalue weighted by atomic mass is 16.2. The quantitative estimate of drug-likeness (QED) is 0.871. The summed E-state index contributed by atoms with van der Waals surface area (Å²) < 4.78 is 0. The van der Waals surface area contributed by atoms with Gasteiger partial charge in [-0.2, -0.15) is 0 Å². The first-order valence-electron chi connectivity index (χ1n) is 7.25.